The molecule has 1 N–H and O–H groups in total. The lowest BCUT2D eigenvalue weighted by Gasteiger charge is -2.24. The number of carboxylic acid groups (broad SMARTS) is 1. The number of alkyl halides is 3. The Morgan fingerprint density at radius 1 is 0.579 bits per heavy atom. The van der Waals surface area contributed by atoms with Crippen LogP contribution >= 0.6 is 0 Å². The highest BCUT2D eigenvalue weighted by atomic mass is 19.4. The zero-order valence-corrected chi connectivity index (χ0v) is 34.4. The molecule has 0 aromatic heterocycles. The number of halogens is 3. The quantitative estimate of drug-likeness (QED) is 0.0749. The third kappa shape index (κ3) is 32.5. The van der Waals surface area contributed by atoms with Crippen LogP contribution in [0.2, 0.25) is 0 Å². The lowest BCUT2D eigenvalue weighted by Crippen LogP contribution is -2.28. The van der Waals surface area contributed by atoms with E-state index in [9.17, 15) is 18.0 Å². The number of aliphatic carboxylic acids is 1. The van der Waals surface area contributed by atoms with Crippen molar-refractivity contribution < 1.29 is 75.2 Å². The molecule has 0 fully saturated rings. The molecular formula is C39H69F3N2O13. The van der Waals surface area contributed by atoms with Gasteiger partial charge in [-0.3, -0.25) is 14.6 Å². The van der Waals surface area contributed by atoms with Gasteiger partial charge in [-0.2, -0.15) is 13.2 Å². The van der Waals surface area contributed by atoms with E-state index in [1.165, 1.54) is 6.07 Å². The standard InChI is InChI=1S/C39H69F3N2O13/c1-4-9-44(34-47-5-2)33-36-7-6-35(31-37(36)39(40,41)42)32-43(3)10-12-49-14-16-51-18-20-53-22-24-55-26-28-57-30-29-56-27-25-54-23-21-52-19-17-50-15-13-48-11-8-38(45)46/h6-7,31H,4-5,8-30,32-34H2,1-3H3,(H,45,46). The van der Waals surface area contributed by atoms with Crippen LogP contribution in [-0.2, 0) is 76.2 Å². The first-order valence-corrected chi connectivity index (χ1v) is 19.8. The molecule has 18 heteroatoms. The molecule has 57 heavy (non-hydrogen) atoms. The van der Waals surface area contributed by atoms with Crippen molar-refractivity contribution in [2.75, 3.05) is 166 Å². The van der Waals surface area contributed by atoms with Gasteiger partial charge < -0.3 is 57.2 Å². The van der Waals surface area contributed by atoms with Crippen LogP contribution in [0.25, 0.3) is 0 Å². The Kier molecular flexibility index (Phi) is 34.4. The van der Waals surface area contributed by atoms with Crippen LogP contribution in [0.5, 0.6) is 0 Å². The molecule has 0 spiro atoms. The summed E-state index contributed by atoms with van der Waals surface area (Å²) in [5, 5.41) is 8.50. The van der Waals surface area contributed by atoms with Crippen LogP contribution in [0.1, 0.15) is 43.4 Å². The minimum Gasteiger partial charge on any atom is -0.481 e. The maximum absolute atomic E-state index is 13.9. The minimum atomic E-state index is -4.44. The van der Waals surface area contributed by atoms with Gasteiger partial charge in [-0.1, -0.05) is 19.1 Å². The van der Waals surface area contributed by atoms with Crippen LogP contribution in [0, 0.1) is 0 Å². The van der Waals surface area contributed by atoms with Gasteiger partial charge in [0.05, 0.1) is 151 Å². The van der Waals surface area contributed by atoms with E-state index in [1.54, 1.807) is 12.1 Å². The van der Waals surface area contributed by atoms with E-state index >= 15 is 0 Å². The second kappa shape index (κ2) is 37.0. The van der Waals surface area contributed by atoms with Crippen molar-refractivity contribution >= 4 is 5.97 Å². The van der Waals surface area contributed by atoms with Gasteiger partial charge in [0.2, 0.25) is 0 Å². The maximum atomic E-state index is 13.9. The zero-order chi connectivity index (χ0) is 41.7. The smallest absolute Gasteiger partial charge is 0.416 e. The number of benzene rings is 1. The fourth-order valence-electron chi connectivity index (χ4n) is 4.94. The summed E-state index contributed by atoms with van der Waals surface area (Å²) in [6.07, 6.45) is -3.63. The first kappa shape index (κ1) is 53.0. The summed E-state index contributed by atoms with van der Waals surface area (Å²) >= 11 is 0. The SMILES string of the molecule is CCCN(COCC)Cc1ccc(CN(C)CCOCCOCCOCCOCCOCCOCCOCCOCCOCCOCCC(=O)O)cc1C(F)(F)F. The Morgan fingerprint density at radius 2 is 0.982 bits per heavy atom. The number of likely N-dealkylation sites (N-methyl/N-ethyl adjacent to an activating group) is 1. The van der Waals surface area contributed by atoms with Gasteiger partial charge in [-0.25, -0.2) is 0 Å². The first-order chi connectivity index (χ1) is 27.7. The molecule has 0 saturated carbocycles. The molecule has 0 atom stereocenters. The predicted molar refractivity (Wildman–Crippen MR) is 205 cm³/mol. The molecule has 1 rings (SSSR count). The summed E-state index contributed by atoms with van der Waals surface area (Å²) in [7, 11) is 1.85. The summed E-state index contributed by atoms with van der Waals surface area (Å²) in [4.78, 5) is 14.2. The third-order valence-electron chi connectivity index (χ3n) is 7.77. The Bertz CT molecular complexity index is 1080. The summed E-state index contributed by atoms with van der Waals surface area (Å²) < 4.78 is 102. The molecule has 15 nitrogen and oxygen atoms in total. The lowest BCUT2D eigenvalue weighted by atomic mass is 10.0. The molecular weight excluding hydrogens is 761 g/mol. The molecule has 0 aliphatic rings. The highest BCUT2D eigenvalue weighted by molar-refractivity contribution is 5.66. The Hall–Kier alpha value is -2.04. The van der Waals surface area contributed by atoms with E-state index in [0.29, 0.717) is 164 Å². The van der Waals surface area contributed by atoms with Crippen LogP contribution in [-0.4, -0.2) is 186 Å². The van der Waals surface area contributed by atoms with Crippen LogP contribution in [0.4, 0.5) is 13.2 Å². The Balaban J connectivity index is 1.89. The number of rotatable bonds is 42. The zero-order valence-electron chi connectivity index (χ0n) is 34.4. The fourth-order valence-corrected chi connectivity index (χ4v) is 4.94. The fraction of sp³-hybridized carbons (Fsp3) is 0.821. The van der Waals surface area contributed by atoms with E-state index in [-0.39, 0.29) is 25.1 Å². The van der Waals surface area contributed by atoms with Crippen molar-refractivity contribution in [2.45, 2.75) is 46.0 Å². The number of hydrogen-bond acceptors (Lipinski definition) is 14. The van der Waals surface area contributed by atoms with Gasteiger partial charge in [0.25, 0.3) is 0 Å². The van der Waals surface area contributed by atoms with E-state index < -0.39 is 17.7 Å². The van der Waals surface area contributed by atoms with Gasteiger partial charge in [-0.05, 0) is 37.6 Å². The first-order valence-electron chi connectivity index (χ1n) is 19.8. The second-order valence-corrected chi connectivity index (χ2v) is 12.7. The summed E-state index contributed by atoms with van der Waals surface area (Å²) in [5.41, 5.74) is 0.248. The van der Waals surface area contributed by atoms with Crippen molar-refractivity contribution in [2.24, 2.45) is 0 Å². The van der Waals surface area contributed by atoms with Crippen molar-refractivity contribution in [1.29, 1.82) is 0 Å². The average Bonchev–Trinajstić information content (AvgIpc) is 3.17. The normalized spacial score (nSPS) is 12.1. The molecule has 0 radical (unpaired) electrons. The lowest BCUT2D eigenvalue weighted by molar-refractivity contribution is -0.139. The number of carbonyl (C=O) groups is 1. The largest absolute Gasteiger partial charge is 0.481 e. The van der Waals surface area contributed by atoms with Gasteiger partial charge in [0.15, 0.2) is 0 Å². The maximum Gasteiger partial charge on any atom is 0.416 e. The van der Waals surface area contributed by atoms with Gasteiger partial charge in [0, 0.05) is 32.8 Å². The number of nitrogens with zero attached hydrogens (tertiary/aromatic N) is 2. The molecule has 334 valence electrons. The third-order valence-corrected chi connectivity index (χ3v) is 7.77. The molecule has 0 aliphatic heterocycles. The minimum absolute atomic E-state index is 0.0142. The number of ether oxygens (including phenoxy) is 11. The van der Waals surface area contributed by atoms with E-state index in [4.69, 9.17) is 57.2 Å². The Labute approximate surface area is 337 Å². The van der Waals surface area contributed by atoms with Crippen LogP contribution in [0.3, 0.4) is 0 Å². The van der Waals surface area contributed by atoms with Crippen molar-refractivity contribution in [3.8, 4) is 0 Å². The van der Waals surface area contributed by atoms with Crippen molar-refractivity contribution in [3.63, 3.8) is 0 Å². The van der Waals surface area contributed by atoms with Crippen molar-refractivity contribution in [1.82, 2.24) is 9.80 Å². The molecule has 0 amide bonds. The second-order valence-electron chi connectivity index (χ2n) is 12.7. The van der Waals surface area contributed by atoms with Crippen molar-refractivity contribution in [3.05, 3.63) is 34.9 Å². The molecule has 0 heterocycles. The van der Waals surface area contributed by atoms with E-state index in [1.807, 2.05) is 30.7 Å². The number of hydrogen-bond donors (Lipinski definition) is 1. The highest BCUT2D eigenvalue weighted by Crippen LogP contribution is 2.33. The topological polar surface area (TPSA) is 145 Å². The van der Waals surface area contributed by atoms with E-state index in [0.717, 1.165) is 6.42 Å². The number of carboxylic acids is 1. The summed E-state index contributed by atoms with van der Waals surface area (Å²) in [5.74, 6) is -0.884. The molecule has 0 aliphatic carbocycles. The van der Waals surface area contributed by atoms with Gasteiger partial charge >= 0.3 is 12.1 Å². The van der Waals surface area contributed by atoms with Crippen LogP contribution in [0.15, 0.2) is 18.2 Å². The molecule has 1 aromatic carbocycles. The average molecular weight is 831 g/mol. The molecule has 0 bridgehead atoms. The Morgan fingerprint density at radius 3 is 1.35 bits per heavy atom. The van der Waals surface area contributed by atoms with Crippen LogP contribution < -0.4 is 0 Å². The predicted octanol–water partition coefficient (Wildman–Crippen LogP) is 3.98. The van der Waals surface area contributed by atoms with E-state index in [2.05, 4.69) is 0 Å². The molecule has 0 saturated heterocycles. The highest BCUT2D eigenvalue weighted by Gasteiger charge is 2.34. The summed E-state index contributed by atoms with van der Waals surface area (Å²) in [6.45, 7) is 14.9. The van der Waals surface area contributed by atoms with Gasteiger partial charge in [-0.15, -0.1) is 0 Å². The molecule has 0 unspecified atom stereocenters. The summed E-state index contributed by atoms with van der Waals surface area (Å²) in [6, 6.07) is 4.60. The molecule has 1 aromatic rings. The van der Waals surface area contributed by atoms with Gasteiger partial charge in [0.1, 0.15) is 0 Å². The monoisotopic (exact) mass is 830 g/mol.